The smallest absolute Gasteiger partial charge is 0.243 e. The number of thiazole rings is 1. The fourth-order valence-corrected chi connectivity index (χ4v) is 5.61. The van der Waals surface area contributed by atoms with Crippen LogP contribution < -0.4 is 4.90 Å². The summed E-state index contributed by atoms with van der Waals surface area (Å²) in [6.45, 7) is 2.71. The van der Waals surface area contributed by atoms with Gasteiger partial charge in [0.15, 0.2) is 5.82 Å². The number of para-hydroxylation sites is 2. The molecule has 0 aliphatic carbocycles. The van der Waals surface area contributed by atoms with Crippen LogP contribution in [0.15, 0.2) is 60.4 Å². The minimum Gasteiger partial charge on any atom is -0.382 e. The molecule has 1 fully saturated rings. The number of H-pyrrole nitrogens is 1. The van der Waals surface area contributed by atoms with Gasteiger partial charge >= 0.3 is 0 Å². The third-order valence-electron chi connectivity index (χ3n) is 6.44. The Balaban J connectivity index is 1.22. The molecule has 35 heavy (non-hydrogen) atoms. The Morgan fingerprint density at radius 3 is 2.97 bits per heavy atom. The highest BCUT2D eigenvalue weighted by Crippen LogP contribution is 2.34. The van der Waals surface area contributed by atoms with Crippen LogP contribution >= 0.6 is 11.3 Å². The van der Waals surface area contributed by atoms with E-state index in [0.29, 0.717) is 26.2 Å². The first-order valence-electron chi connectivity index (χ1n) is 11.5. The minimum absolute atomic E-state index is 0.0664. The number of ether oxygens (including phenoxy) is 1. The van der Waals surface area contributed by atoms with Gasteiger partial charge in [-0.2, -0.15) is 0 Å². The Morgan fingerprint density at radius 2 is 2.09 bits per heavy atom. The monoisotopic (exact) mass is 487 g/mol. The van der Waals surface area contributed by atoms with Crippen LogP contribution in [0.1, 0.15) is 0 Å². The molecule has 1 aromatic carbocycles. The number of hydrogen-bond donors (Lipinski definition) is 1. The highest BCUT2D eigenvalue weighted by molar-refractivity contribution is 7.14. The van der Waals surface area contributed by atoms with Crippen LogP contribution in [0.3, 0.4) is 0 Å². The summed E-state index contributed by atoms with van der Waals surface area (Å²) in [7, 11) is 1.68. The number of nitrogens with zero attached hydrogens (tertiary/aromatic N) is 6. The zero-order valence-electron chi connectivity index (χ0n) is 19.3. The molecule has 5 heterocycles. The van der Waals surface area contributed by atoms with Gasteiger partial charge in [-0.25, -0.2) is 15.0 Å². The highest BCUT2D eigenvalue weighted by Gasteiger charge is 2.32. The summed E-state index contributed by atoms with van der Waals surface area (Å²) >= 11 is 1.59. The fourth-order valence-electron chi connectivity index (χ4n) is 4.78. The molecule has 178 valence electrons. The fraction of sp³-hybridized carbons (Fsp3) is 0.280. The van der Waals surface area contributed by atoms with E-state index < -0.39 is 0 Å². The zero-order valence-corrected chi connectivity index (χ0v) is 20.1. The molecule has 0 radical (unpaired) electrons. The molecule has 0 saturated carbocycles. The van der Waals surface area contributed by atoms with Crippen molar-refractivity contribution in [2.75, 3.05) is 38.3 Å². The first kappa shape index (κ1) is 21.8. The quantitative estimate of drug-likeness (QED) is 0.395. The first-order chi connectivity index (χ1) is 17.2. The molecule has 1 aliphatic heterocycles. The number of hydrogen-bond acceptors (Lipinski definition) is 7. The zero-order chi connectivity index (χ0) is 23.8. The number of aromatic amines is 1. The molecule has 6 rings (SSSR count). The average molecular weight is 488 g/mol. The van der Waals surface area contributed by atoms with E-state index in [1.165, 1.54) is 0 Å². The molecule has 10 heteroatoms. The van der Waals surface area contributed by atoms with E-state index in [4.69, 9.17) is 9.72 Å². The number of piperazine rings is 1. The Kier molecular flexibility index (Phi) is 5.67. The number of imidazole rings is 1. The van der Waals surface area contributed by atoms with Crippen molar-refractivity contribution < 1.29 is 9.53 Å². The van der Waals surface area contributed by atoms with Crippen molar-refractivity contribution in [3.63, 3.8) is 0 Å². The lowest BCUT2D eigenvalue weighted by atomic mass is 10.1. The molecule has 0 bridgehead atoms. The highest BCUT2D eigenvalue weighted by atomic mass is 32.1. The second kappa shape index (κ2) is 9.12. The van der Waals surface area contributed by atoms with Gasteiger partial charge in [0.1, 0.15) is 22.9 Å². The van der Waals surface area contributed by atoms with Crippen LogP contribution in [0.4, 0.5) is 5.00 Å². The standard InChI is InChI=1S/C25H25N7O2S/c1-34-15-18-13-31(25-22(27-16-35-25)23-28-19-6-2-3-7-20(19)29-23)11-12-32(18)21(33)14-30-10-8-17-5-4-9-26-24(17)30/h2-10,16,18H,11-15H2,1H3,(H,28,29)/t18-/m1/s1. The van der Waals surface area contributed by atoms with Gasteiger partial charge in [0.25, 0.3) is 0 Å². The molecule has 1 aliphatic rings. The number of aromatic nitrogens is 5. The van der Waals surface area contributed by atoms with Crippen LogP contribution in [0.25, 0.3) is 33.6 Å². The topological polar surface area (TPSA) is 92.2 Å². The van der Waals surface area contributed by atoms with Crippen LogP contribution in [-0.4, -0.2) is 74.7 Å². The Labute approximate surface area is 206 Å². The van der Waals surface area contributed by atoms with Crippen molar-refractivity contribution in [3.05, 3.63) is 60.4 Å². The number of fused-ring (bicyclic) bond motifs is 2. The van der Waals surface area contributed by atoms with E-state index in [-0.39, 0.29) is 18.5 Å². The molecule has 0 unspecified atom stereocenters. The van der Waals surface area contributed by atoms with Crippen molar-refractivity contribution in [2.24, 2.45) is 0 Å². The van der Waals surface area contributed by atoms with Gasteiger partial charge in [0.2, 0.25) is 5.91 Å². The normalized spacial score (nSPS) is 16.4. The number of amides is 1. The summed E-state index contributed by atoms with van der Waals surface area (Å²) in [5, 5.41) is 2.08. The van der Waals surface area contributed by atoms with E-state index in [1.54, 1.807) is 24.6 Å². The van der Waals surface area contributed by atoms with E-state index in [2.05, 4.69) is 19.9 Å². The molecular weight excluding hydrogens is 462 g/mol. The first-order valence-corrected chi connectivity index (χ1v) is 12.4. The Bertz CT molecular complexity index is 1460. The average Bonchev–Trinajstić information content (AvgIpc) is 3.62. The lowest BCUT2D eigenvalue weighted by molar-refractivity contribution is -0.135. The number of rotatable bonds is 6. The van der Waals surface area contributed by atoms with Crippen LogP contribution in [0.5, 0.6) is 0 Å². The molecular formula is C25H25N7O2S. The van der Waals surface area contributed by atoms with Crippen LogP contribution in [0.2, 0.25) is 0 Å². The molecule has 9 nitrogen and oxygen atoms in total. The third-order valence-corrected chi connectivity index (χ3v) is 7.33. The Morgan fingerprint density at radius 1 is 1.17 bits per heavy atom. The molecule has 1 amide bonds. The molecule has 1 saturated heterocycles. The SMILES string of the molecule is COC[C@H]1CN(c2scnc2-c2nc3ccccc3[nH]2)CCN1C(=O)Cn1ccc2cccnc21. The van der Waals surface area contributed by atoms with Crippen molar-refractivity contribution >= 4 is 44.3 Å². The van der Waals surface area contributed by atoms with Gasteiger partial charge in [-0.1, -0.05) is 12.1 Å². The summed E-state index contributed by atoms with van der Waals surface area (Å²) in [6, 6.07) is 13.8. The van der Waals surface area contributed by atoms with Crippen LogP contribution in [-0.2, 0) is 16.1 Å². The predicted octanol–water partition coefficient (Wildman–Crippen LogP) is 3.40. The summed E-state index contributed by atoms with van der Waals surface area (Å²) in [6.07, 6.45) is 3.68. The summed E-state index contributed by atoms with van der Waals surface area (Å²) in [4.78, 5) is 34.8. The van der Waals surface area contributed by atoms with Gasteiger partial charge in [0, 0.05) is 44.5 Å². The van der Waals surface area contributed by atoms with Crippen molar-refractivity contribution in [1.82, 2.24) is 29.4 Å². The van der Waals surface area contributed by atoms with Crippen molar-refractivity contribution in [3.8, 4) is 11.5 Å². The molecule has 5 aromatic rings. The lowest BCUT2D eigenvalue weighted by Crippen LogP contribution is -2.57. The number of pyridine rings is 1. The van der Waals surface area contributed by atoms with Crippen LogP contribution in [0, 0.1) is 0 Å². The number of methoxy groups -OCH3 is 1. The molecule has 0 spiro atoms. The van der Waals surface area contributed by atoms with E-state index in [0.717, 1.165) is 38.6 Å². The summed E-state index contributed by atoms with van der Waals surface area (Å²) < 4.78 is 7.43. The third kappa shape index (κ3) is 4.04. The number of benzene rings is 1. The molecule has 4 aromatic heterocycles. The number of carbonyl (C=O) groups excluding carboxylic acids is 1. The van der Waals surface area contributed by atoms with Crippen molar-refractivity contribution in [2.45, 2.75) is 12.6 Å². The van der Waals surface area contributed by atoms with Gasteiger partial charge in [0.05, 0.1) is 29.2 Å². The number of anilines is 1. The maximum Gasteiger partial charge on any atom is 0.243 e. The predicted molar refractivity (Wildman–Crippen MR) is 137 cm³/mol. The lowest BCUT2D eigenvalue weighted by Gasteiger charge is -2.41. The number of carbonyl (C=O) groups is 1. The van der Waals surface area contributed by atoms with E-state index in [9.17, 15) is 4.79 Å². The largest absolute Gasteiger partial charge is 0.382 e. The minimum atomic E-state index is -0.0679. The Hall–Kier alpha value is -3.76. The van der Waals surface area contributed by atoms with Gasteiger partial charge < -0.3 is 24.1 Å². The van der Waals surface area contributed by atoms with Gasteiger partial charge in [-0.15, -0.1) is 11.3 Å². The summed E-state index contributed by atoms with van der Waals surface area (Å²) in [5.41, 5.74) is 5.42. The maximum absolute atomic E-state index is 13.4. The second-order valence-electron chi connectivity index (χ2n) is 8.61. The van der Waals surface area contributed by atoms with Gasteiger partial charge in [-0.05, 0) is 30.3 Å². The number of nitrogens with one attached hydrogen (secondary N) is 1. The second-order valence-corrected chi connectivity index (χ2v) is 9.44. The van der Waals surface area contributed by atoms with Crippen molar-refractivity contribution in [1.29, 1.82) is 0 Å². The molecule has 1 atom stereocenters. The van der Waals surface area contributed by atoms with E-state index in [1.807, 2.05) is 63.6 Å². The molecule has 1 N–H and O–H groups in total. The van der Waals surface area contributed by atoms with Gasteiger partial charge in [-0.3, -0.25) is 4.79 Å². The maximum atomic E-state index is 13.4. The summed E-state index contributed by atoms with van der Waals surface area (Å²) in [5.74, 6) is 0.827. The van der Waals surface area contributed by atoms with E-state index >= 15 is 0 Å².